The van der Waals surface area contributed by atoms with Crippen LogP contribution in [-0.2, 0) is 0 Å². The van der Waals surface area contributed by atoms with Gasteiger partial charge in [-0.05, 0) is 55.9 Å². The van der Waals surface area contributed by atoms with E-state index < -0.39 is 0 Å². The maximum atomic E-state index is 5.97. The molecule has 0 heterocycles. The van der Waals surface area contributed by atoms with Crippen LogP contribution < -0.4 is 5.73 Å². The smallest absolute Gasteiger partial charge is 0.00204 e. The molecule has 1 rings (SSSR count). The Morgan fingerprint density at radius 1 is 1.29 bits per heavy atom. The lowest BCUT2D eigenvalue weighted by Crippen LogP contribution is -2.36. The van der Waals surface area contributed by atoms with Crippen molar-refractivity contribution >= 4 is 0 Å². The molecule has 14 heavy (non-hydrogen) atoms. The normalized spacial score (nSPS) is 33.6. The van der Waals surface area contributed by atoms with Crippen molar-refractivity contribution < 1.29 is 0 Å². The minimum absolute atomic E-state index is 0.500. The van der Waals surface area contributed by atoms with Crippen molar-refractivity contribution in [2.24, 2.45) is 23.0 Å². The average Bonchev–Trinajstić information content (AvgIpc) is 2.18. The molecule has 0 spiro atoms. The monoisotopic (exact) mass is 197 g/mol. The van der Waals surface area contributed by atoms with Crippen LogP contribution in [0.5, 0.6) is 0 Å². The second kappa shape index (κ2) is 5.16. The molecule has 1 aliphatic carbocycles. The van der Waals surface area contributed by atoms with E-state index in [1.165, 1.54) is 38.5 Å². The molecular weight excluding hydrogens is 170 g/mol. The number of hydrogen-bond acceptors (Lipinski definition) is 1. The summed E-state index contributed by atoms with van der Waals surface area (Å²) in [7, 11) is 0. The van der Waals surface area contributed by atoms with E-state index in [0.29, 0.717) is 5.41 Å². The molecule has 0 atom stereocenters. The average molecular weight is 197 g/mol. The van der Waals surface area contributed by atoms with Crippen molar-refractivity contribution in [2.75, 3.05) is 6.54 Å². The Hall–Kier alpha value is -0.0400. The summed E-state index contributed by atoms with van der Waals surface area (Å²) >= 11 is 0. The summed E-state index contributed by atoms with van der Waals surface area (Å²) in [5.41, 5.74) is 6.47. The second-order valence-corrected chi connectivity index (χ2v) is 5.65. The summed E-state index contributed by atoms with van der Waals surface area (Å²) in [6.45, 7) is 7.87. The van der Waals surface area contributed by atoms with Gasteiger partial charge >= 0.3 is 0 Å². The van der Waals surface area contributed by atoms with Crippen LogP contribution in [0.2, 0.25) is 0 Å². The molecule has 0 saturated heterocycles. The summed E-state index contributed by atoms with van der Waals surface area (Å²) in [6, 6.07) is 0. The van der Waals surface area contributed by atoms with E-state index >= 15 is 0 Å². The summed E-state index contributed by atoms with van der Waals surface area (Å²) in [6.07, 6.45) is 8.28. The molecule has 0 aliphatic heterocycles. The Morgan fingerprint density at radius 2 is 1.86 bits per heavy atom. The molecule has 0 aromatic heterocycles. The van der Waals surface area contributed by atoms with E-state index in [9.17, 15) is 0 Å². The lowest BCUT2D eigenvalue weighted by molar-refractivity contribution is 0.125. The van der Waals surface area contributed by atoms with Gasteiger partial charge in [-0.15, -0.1) is 0 Å². The zero-order valence-electron chi connectivity index (χ0n) is 10.2. The zero-order valence-corrected chi connectivity index (χ0v) is 10.2. The molecule has 0 aromatic carbocycles. The van der Waals surface area contributed by atoms with Gasteiger partial charge in [0.25, 0.3) is 0 Å². The van der Waals surface area contributed by atoms with Crippen molar-refractivity contribution in [3.8, 4) is 0 Å². The van der Waals surface area contributed by atoms with Gasteiger partial charge in [-0.2, -0.15) is 0 Å². The van der Waals surface area contributed by atoms with E-state index in [1.807, 2.05) is 0 Å². The fourth-order valence-corrected chi connectivity index (χ4v) is 3.06. The Kier molecular flexibility index (Phi) is 4.43. The topological polar surface area (TPSA) is 26.0 Å². The second-order valence-electron chi connectivity index (χ2n) is 5.65. The van der Waals surface area contributed by atoms with Crippen LogP contribution in [0, 0.1) is 17.3 Å². The Morgan fingerprint density at radius 3 is 2.21 bits per heavy atom. The fraction of sp³-hybridized carbons (Fsp3) is 1.00. The molecule has 1 heteroatoms. The van der Waals surface area contributed by atoms with E-state index in [-0.39, 0.29) is 0 Å². The van der Waals surface area contributed by atoms with Crippen LogP contribution in [0.25, 0.3) is 0 Å². The minimum atomic E-state index is 0.500. The molecule has 1 nitrogen and oxygen atoms in total. The third kappa shape index (κ3) is 2.98. The highest BCUT2D eigenvalue weighted by Gasteiger charge is 2.33. The number of hydrogen-bond donors (Lipinski definition) is 1. The summed E-state index contributed by atoms with van der Waals surface area (Å²) in [5, 5.41) is 0. The van der Waals surface area contributed by atoms with E-state index in [1.54, 1.807) is 0 Å². The van der Waals surface area contributed by atoms with Gasteiger partial charge in [0, 0.05) is 0 Å². The Bertz CT molecular complexity index is 155. The number of nitrogens with two attached hydrogens (primary N) is 1. The molecule has 84 valence electrons. The highest BCUT2D eigenvalue weighted by atomic mass is 14.6. The summed E-state index contributed by atoms with van der Waals surface area (Å²) in [4.78, 5) is 0. The summed E-state index contributed by atoms with van der Waals surface area (Å²) < 4.78 is 0. The highest BCUT2D eigenvalue weighted by molar-refractivity contribution is 4.86. The fourth-order valence-electron chi connectivity index (χ4n) is 3.06. The van der Waals surface area contributed by atoms with Gasteiger partial charge in [0.1, 0.15) is 0 Å². The van der Waals surface area contributed by atoms with Crippen LogP contribution in [0.1, 0.15) is 59.3 Å². The van der Waals surface area contributed by atoms with E-state index in [2.05, 4.69) is 20.8 Å². The Labute approximate surface area is 89.5 Å². The standard InChI is InChI=1S/C13H27N/c1-4-12-5-7-13(10-14,8-6-12)9-11(2)3/h11-12H,4-10,14H2,1-3H3. The molecule has 0 amide bonds. The molecule has 1 saturated carbocycles. The van der Waals surface area contributed by atoms with Crippen LogP contribution in [-0.4, -0.2) is 6.54 Å². The minimum Gasteiger partial charge on any atom is -0.330 e. The van der Waals surface area contributed by atoms with E-state index in [0.717, 1.165) is 18.4 Å². The first-order chi connectivity index (χ1) is 6.62. The van der Waals surface area contributed by atoms with Gasteiger partial charge in [-0.3, -0.25) is 0 Å². The van der Waals surface area contributed by atoms with Crippen LogP contribution >= 0.6 is 0 Å². The molecule has 1 fully saturated rings. The third-order valence-corrected chi connectivity index (χ3v) is 4.02. The predicted octanol–water partition coefficient (Wildman–Crippen LogP) is 3.58. The molecular formula is C13H27N. The third-order valence-electron chi connectivity index (χ3n) is 4.02. The van der Waals surface area contributed by atoms with Crippen molar-refractivity contribution in [2.45, 2.75) is 59.3 Å². The molecule has 0 aromatic rings. The lowest BCUT2D eigenvalue weighted by atomic mass is 9.66. The van der Waals surface area contributed by atoms with Gasteiger partial charge in [-0.25, -0.2) is 0 Å². The van der Waals surface area contributed by atoms with Crippen molar-refractivity contribution in [3.05, 3.63) is 0 Å². The first-order valence-electron chi connectivity index (χ1n) is 6.32. The maximum absolute atomic E-state index is 5.97. The van der Waals surface area contributed by atoms with Crippen molar-refractivity contribution in [1.82, 2.24) is 0 Å². The lowest BCUT2D eigenvalue weighted by Gasteiger charge is -2.40. The van der Waals surface area contributed by atoms with Crippen molar-refractivity contribution in [1.29, 1.82) is 0 Å². The maximum Gasteiger partial charge on any atom is -0.00204 e. The zero-order chi connectivity index (χ0) is 10.6. The van der Waals surface area contributed by atoms with Crippen molar-refractivity contribution in [3.63, 3.8) is 0 Å². The number of rotatable bonds is 4. The largest absolute Gasteiger partial charge is 0.330 e. The van der Waals surface area contributed by atoms with Crippen LogP contribution in [0.3, 0.4) is 0 Å². The molecule has 0 unspecified atom stereocenters. The summed E-state index contributed by atoms with van der Waals surface area (Å²) in [5.74, 6) is 1.79. The molecule has 1 aliphatic rings. The molecule has 2 N–H and O–H groups in total. The first-order valence-corrected chi connectivity index (χ1v) is 6.32. The van der Waals surface area contributed by atoms with Crippen LogP contribution in [0.15, 0.2) is 0 Å². The highest BCUT2D eigenvalue weighted by Crippen LogP contribution is 2.43. The quantitative estimate of drug-likeness (QED) is 0.732. The van der Waals surface area contributed by atoms with Gasteiger partial charge in [0.2, 0.25) is 0 Å². The molecule has 0 bridgehead atoms. The van der Waals surface area contributed by atoms with Gasteiger partial charge in [0.05, 0.1) is 0 Å². The molecule has 0 radical (unpaired) electrons. The van der Waals surface area contributed by atoms with E-state index in [4.69, 9.17) is 5.73 Å². The Balaban J connectivity index is 2.48. The predicted molar refractivity (Wildman–Crippen MR) is 63.2 cm³/mol. The van der Waals surface area contributed by atoms with Gasteiger partial charge in [0.15, 0.2) is 0 Å². The first kappa shape index (κ1) is 12.0. The van der Waals surface area contributed by atoms with Crippen LogP contribution in [0.4, 0.5) is 0 Å². The van der Waals surface area contributed by atoms with Gasteiger partial charge in [-0.1, -0.05) is 27.2 Å². The SMILES string of the molecule is CCC1CCC(CN)(CC(C)C)CC1. The van der Waals surface area contributed by atoms with Gasteiger partial charge < -0.3 is 5.73 Å².